The fourth-order valence-electron chi connectivity index (χ4n) is 2.62. The maximum Gasteiger partial charge on any atom is 0.276 e. The molecule has 122 valence electrons. The van der Waals surface area contributed by atoms with Crippen LogP contribution in [0.25, 0.3) is 11.5 Å². The number of anilines is 2. The van der Waals surface area contributed by atoms with Crippen LogP contribution in [0.3, 0.4) is 0 Å². The van der Waals surface area contributed by atoms with Crippen molar-refractivity contribution in [2.75, 3.05) is 23.3 Å². The van der Waals surface area contributed by atoms with E-state index in [0.717, 1.165) is 31.7 Å². The zero-order valence-corrected chi connectivity index (χ0v) is 13.6. The molecule has 24 heavy (non-hydrogen) atoms. The fourth-order valence-corrected chi connectivity index (χ4v) is 3.31. The molecule has 1 aliphatic rings. The van der Waals surface area contributed by atoms with Crippen molar-refractivity contribution >= 4 is 28.2 Å². The van der Waals surface area contributed by atoms with E-state index in [0.29, 0.717) is 22.3 Å². The van der Waals surface area contributed by atoms with E-state index in [1.54, 1.807) is 18.4 Å². The molecule has 3 aromatic heterocycles. The maximum atomic E-state index is 12.4. The molecule has 8 heteroatoms. The molecule has 1 N–H and O–H groups in total. The average molecular weight is 341 g/mol. The smallest absolute Gasteiger partial charge is 0.276 e. The number of rotatable bonds is 4. The predicted molar refractivity (Wildman–Crippen MR) is 91.2 cm³/mol. The van der Waals surface area contributed by atoms with Crippen LogP contribution < -0.4 is 10.2 Å². The molecular formula is C16H15N5O2S. The largest absolute Gasteiger partial charge is 0.463 e. The lowest BCUT2D eigenvalue weighted by Gasteiger charge is -2.16. The van der Waals surface area contributed by atoms with E-state index in [1.807, 2.05) is 11.4 Å². The second kappa shape index (κ2) is 6.40. The quantitative estimate of drug-likeness (QED) is 0.785. The summed E-state index contributed by atoms with van der Waals surface area (Å²) in [6.45, 7) is 1.94. The Morgan fingerprint density at radius 1 is 1.29 bits per heavy atom. The van der Waals surface area contributed by atoms with E-state index in [-0.39, 0.29) is 5.91 Å². The van der Waals surface area contributed by atoms with Crippen LogP contribution in [0.2, 0.25) is 0 Å². The Labute approximate surface area is 142 Å². The van der Waals surface area contributed by atoms with Gasteiger partial charge in [-0.2, -0.15) is 0 Å². The summed E-state index contributed by atoms with van der Waals surface area (Å²) in [5.74, 6) is 1.17. The standard InChI is InChI=1S/C16H15N5O2S/c22-15(11-8-14(18-10-17-11)21-5-1-2-6-21)20-16-19-12(9-24-16)13-4-3-7-23-13/h3-4,7-10H,1-2,5-6H2,(H,19,20,22). The topological polar surface area (TPSA) is 84.2 Å². The summed E-state index contributed by atoms with van der Waals surface area (Å²) in [5, 5.41) is 5.12. The van der Waals surface area contributed by atoms with Crippen LogP contribution in [0.15, 0.2) is 40.6 Å². The molecule has 4 heterocycles. The Bertz CT molecular complexity index is 840. The molecule has 1 fully saturated rings. The summed E-state index contributed by atoms with van der Waals surface area (Å²) in [4.78, 5) is 27.3. The van der Waals surface area contributed by atoms with E-state index in [2.05, 4.69) is 25.2 Å². The molecule has 0 unspecified atom stereocenters. The van der Waals surface area contributed by atoms with Crippen LogP contribution >= 0.6 is 11.3 Å². The molecule has 1 saturated heterocycles. The lowest BCUT2D eigenvalue weighted by molar-refractivity contribution is 0.102. The highest BCUT2D eigenvalue weighted by Gasteiger charge is 2.17. The van der Waals surface area contributed by atoms with E-state index in [4.69, 9.17) is 4.42 Å². The van der Waals surface area contributed by atoms with Gasteiger partial charge >= 0.3 is 0 Å². The van der Waals surface area contributed by atoms with Crippen molar-refractivity contribution in [1.29, 1.82) is 0 Å². The molecule has 0 bridgehead atoms. The summed E-state index contributed by atoms with van der Waals surface area (Å²) in [5.41, 5.74) is 1.03. The summed E-state index contributed by atoms with van der Waals surface area (Å²) >= 11 is 1.34. The summed E-state index contributed by atoms with van der Waals surface area (Å²) in [6.07, 6.45) is 5.33. The molecule has 0 atom stereocenters. The van der Waals surface area contributed by atoms with Gasteiger partial charge in [0.25, 0.3) is 5.91 Å². The van der Waals surface area contributed by atoms with Gasteiger partial charge in [0.15, 0.2) is 10.9 Å². The first kappa shape index (κ1) is 14.8. The van der Waals surface area contributed by atoms with Crippen molar-refractivity contribution in [3.05, 3.63) is 41.9 Å². The number of nitrogens with zero attached hydrogens (tertiary/aromatic N) is 4. The fraction of sp³-hybridized carbons (Fsp3) is 0.250. The van der Waals surface area contributed by atoms with Gasteiger partial charge < -0.3 is 9.32 Å². The van der Waals surface area contributed by atoms with Crippen molar-refractivity contribution in [2.24, 2.45) is 0 Å². The molecular weight excluding hydrogens is 326 g/mol. The van der Waals surface area contributed by atoms with Crippen molar-refractivity contribution in [3.8, 4) is 11.5 Å². The lowest BCUT2D eigenvalue weighted by Crippen LogP contribution is -2.21. The Kier molecular flexibility index (Phi) is 3.96. The number of furan rings is 1. The first-order chi connectivity index (χ1) is 11.8. The van der Waals surface area contributed by atoms with E-state index >= 15 is 0 Å². The van der Waals surface area contributed by atoms with Crippen LogP contribution in [0.4, 0.5) is 10.9 Å². The van der Waals surface area contributed by atoms with Crippen LogP contribution in [0.5, 0.6) is 0 Å². The third-order valence-electron chi connectivity index (χ3n) is 3.81. The third-order valence-corrected chi connectivity index (χ3v) is 4.57. The maximum absolute atomic E-state index is 12.4. The number of carbonyl (C=O) groups excluding carboxylic acids is 1. The zero-order chi connectivity index (χ0) is 16.4. The van der Waals surface area contributed by atoms with Gasteiger partial charge in [-0.25, -0.2) is 15.0 Å². The average Bonchev–Trinajstić information content (AvgIpc) is 3.36. The highest BCUT2D eigenvalue weighted by molar-refractivity contribution is 7.14. The minimum Gasteiger partial charge on any atom is -0.463 e. The van der Waals surface area contributed by atoms with E-state index in [9.17, 15) is 4.79 Å². The molecule has 7 nitrogen and oxygen atoms in total. The van der Waals surface area contributed by atoms with Crippen molar-refractivity contribution in [3.63, 3.8) is 0 Å². The van der Waals surface area contributed by atoms with Crippen LogP contribution in [0.1, 0.15) is 23.3 Å². The third kappa shape index (κ3) is 3.00. The normalized spacial score (nSPS) is 14.1. The molecule has 1 aliphatic heterocycles. The van der Waals surface area contributed by atoms with Gasteiger partial charge in [0, 0.05) is 24.5 Å². The van der Waals surface area contributed by atoms with Crippen LogP contribution in [0, 0.1) is 0 Å². The Balaban J connectivity index is 1.49. The molecule has 0 saturated carbocycles. The number of hydrogen-bond acceptors (Lipinski definition) is 7. The van der Waals surface area contributed by atoms with Gasteiger partial charge in [0.2, 0.25) is 0 Å². The summed E-state index contributed by atoms with van der Waals surface area (Å²) < 4.78 is 5.30. The second-order valence-electron chi connectivity index (χ2n) is 5.42. The molecule has 0 aliphatic carbocycles. The number of carbonyl (C=O) groups is 1. The van der Waals surface area contributed by atoms with Gasteiger partial charge in [-0.05, 0) is 25.0 Å². The van der Waals surface area contributed by atoms with Crippen molar-refractivity contribution in [2.45, 2.75) is 12.8 Å². The Hall–Kier alpha value is -2.74. The molecule has 4 rings (SSSR count). The number of nitrogens with one attached hydrogen (secondary N) is 1. The second-order valence-corrected chi connectivity index (χ2v) is 6.28. The number of aromatic nitrogens is 3. The first-order valence-electron chi connectivity index (χ1n) is 7.67. The van der Waals surface area contributed by atoms with Crippen LogP contribution in [-0.4, -0.2) is 33.9 Å². The van der Waals surface area contributed by atoms with E-state index < -0.39 is 0 Å². The molecule has 0 spiro atoms. The van der Waals surface area contributed by atoms with Crippen LogP contribution in [-0.2, 0) is 0 Å². The minimum absolute atomic E-state index is 0.293. The highest BCUT2D eigenvalue weighted by atomic mass is 32.1. The molecule has 0 aromatic carbocycles. The minimum atomic E-state index is -0.293. The van der Waals surface area contributed by atoms with Gasteiger partial charge in [-0.15, -0.1) is 11.3 Å². The Morgan fingerprint density at radius 2 is 2.17 bits per heavy atom. The number of amides is 1. The number of thiazole rings is 1. The zero-order valence-electron chi connectivity index (χ0n) is 12.8. The summed E-state index contributed by atoms with van der Waals surface area (Å²) in [6, 6.07) is 5.35. The predicted octanol–water partition coefficient (Wildman–Crippen LogP) is 3.05. The van der Waals surface area contributed by atoms with Gasteiger partial charge in [0.1, 0.15) is 23.5 Å². The SMILES string of the molecule is O=C(Nc1nc(-c2ccco2)cs1)c1cc(N2CCCC2)ncn1. The van der Waals surface area contributed by atoms with Gasteiger partial charge in [-0.3, -0.25) is 10.1 Å². The Morgan fingerprint density at radius 3 is 2.96 bits per heavy atom. The lowest BCUT2D eigenvalue weighted by atomic mass is 10.3. The van der Waals surface area contributed by atoms with Gasteiger partial charge in [-0.1, -0.05) is 0 Å². The summed E-state index contributed by atoms with van der Waals surface area (Å²) in [7, 11) is 0. The molecule has 0 radical (unpaired) electrons. The molecule has 3 aromatic rings. The van der Waals surface area contributed by atoms with Crippen molar-refractivity contribution in [1.82, 2.24) is 15.0 Å². The van der Waals surface area contributed by atoms with E-state index in [1.165, 1.54) is 17.7 Å². The van der Waals surface area contributed by atoms with Crippen molar-refractivity contribution < 1.29 is 9.21 Å². The first-order valence-corrected chi connectivity index (χ1v) is 8.55. The van der Waals surface area contributed by atoms with Gasteiger partial charge in [0.05, 0.1) is 6.26 Å². The highest BCUT2D eigenvalue weighted by Crippen LogP contribution is 2.25. The molecule has 1 amide bonds. The number of hydrogen-bond donors (Lipinski definition) is 1. The monoisotopic (exact) mass is 341 g/mol.